The average molecular weight is 536 g/mol. The van der Waals surface area contributed by atoms with Crippen LogP contribution in [0.5, 0.6) is 5.75 Å². The zero-order valence-corrected chi connectivity index (χ0v) is 22.1. The summed E-state index contributed by atoms with van der Waals surface area (Å²) in [5, 5.41) is 6.02. The molecule has 0 aromatic heterocycles. The van der Waals surface area contributed by atoms with Gasteiger partial charge in [-0.05, 0) is 73.4 Å². The highest BCUT2D eigenvalue weighted by Gasteiger charge is 2.29. The number of rotatable bonds is 8. The number of methoxy groups -OCH3 is 1. The van der Waals surface area contributed by atoms with Crippen LogP contribution in [0.1, 0.15) is 34.3 Å². The molecular weight excluding hydrogens is 506 g/mol. The molecule has 1 heterocycles. The number of para-hydroxylation sites is 1. The molecule has 0 saturated carbocycles. The van der Waals surface area contributed by atoms with E-state index in [1.165, 1.54) is 7.11 Å². The molecular formula is C29H30ClN3O5. The van der Waals surface area contributed by atoms with E-state index in [2.05, 4.69) is 10.6 Å². The van der Waals surface area contributed by atoms with E-state index >= 15 is 0 Å². The van der Waals surface area contributed by atoms with Crippen LogP contribution < -0.4 is 15.4 Å². The van der Waals surface area contributed by atoms with Gasteiger partial charge in [-0.3, -0.25) is 4.79 Å². The first-order valence-electron chi connectivity index (χ1n) is 12.4. The van der Waals surface area contributed by atoms with E-state index in [1.54, 1.807) is 54.6 Å². The monoisotopic (exact) mass is 535 g/mol. The van der Waals surface area contributed by atoms with Crippen LogP contribution >= 0.6 is 11.6 Å². The molecule has 3 amide bonds. The second-order valence-electron chi connectivity index (χ2n) is 9.10. The largest absolute Gasteiger partial charge is 0.491 e. The molecule has 1 atom stereocenters. The smallest absolute Gasteiger partial charge is 0.337 e. The number of likely N-dealkylation sites (tertiary alicyclic amines) is 1. The number of carbonyl (C=O) groups excluding carboxylic acids is 3. The molecule has 3 aromatic carbocycles. The van der Waals surface area contributed by atoms with Crippen molar-refractivity contribution < 1.29 is 23.9 Å². The number of nitrogens with zero attached hydrogens (tertiary/aromatic N) is 1. The molecule has 0 spiro atoms. The summed E-state index contributed by atoms with van der Waals surface area (Å²) in [6.07, 6.45) is 2.05. The zero-order chi connectivity index (χ0) is 27.1. The van der Waals surface area contributed by atoms with Crippen LogP contribution in [0.2, 0.25) is 5.02 Å². The number of hydrogen-bond donors (Lipinski definition) is 2. The summed E-state index contributed by atoms with van der Waals surface area (Å²) in [5.41, 5.74) is 3.34. The highest BCUT2D eigenvalue weighted by Crippen LogP contribution is 2.24. The number of anilines is 2. The standard InChI is InChI=1S/C29H30ClN3O5/c1-19-16-20(9-14-25(19)31-29(36)32-26-8-4-3-7-24(26)30)17-27(34)33-15-5-6-22(33)18-38-23-12-10-21(11-13-23)28(35)37-2/h3-4,7-14,16,22H,5-6,15,17-18H2,1-2H3,(H2,31,32,36). The molecule has 8 nitrogen and oxygen atoms in total. The molecule has 2 N–H and O–H groups in total. The Hall–Kier alpha value is -4.04. The number of benzene rings is 3. The minimum Gasteiger partial charge on any atom is -0.491 e. The van der Waals surface area contributed by atoms with Gasteiger partial charge < -0.3 is 25.0 Å². The topological polar surface area (TPSA) is 97.0 Å². The van der Waals surface area contributed by atoms with E-state index in [-0.39, 0.29) is 18.4 Å². The molecule has 0 bridgehead atoms. The Bertz CT molecular complexity index is 1310. The lowest BCUT2D eigenvalue weighted by Gasteiger charge is -2.25. The van der Waals surface area contributed by atoms with Crippen molar-refractivity contribution in [2.75, 3.05) is 30.9 Å². The molecule has 1 aliphatic heterocycles. The average Bonchev–Trinajstić information content (AvgIpc) is 3.39. The highest BCUT2D eigenvalue weighted by atomic mass is 35.5. The minimum atomic E-state index is -0.400. The fourth-order valence-corrected chi connectivity index (χ4v) is 4.61. The quantitative estimate of drug-likeness (QED) is 0.361. The maximum absolute atomic E-state index is 13.1. The fourth-order valence-electron chi connectivity index (χ4n) is 4.43. The van der Waals surface area contributed by atoms with Gasteiger partial charge in [0.1, 0.15) is 12.4 Å². The first-order valence-corrected chi connectivity index (χ1v) is 12.7. The van der Waals surface area contributed by atoms with E-state index in [1.807, 2.05) is 24.0 Å². The Morgan fingerprint density at radius 3 is 2.45 bits per heavy atom. The van der Waals surface area contributed by atoms with Crippen LogP contribution in [0.15, 0.2) is 66.7 Å². The molecule has 38 heavy (non-hydrogen) atoms. The summed E-state index contributed by atoms with van der Waals surface area (Å²) in [6, 6.07) is 18.9. The van der Waals surface area contributed by atoms with Crippen LogP contribution in [0, 0.1) is 6.92 Å². The lowest BCUT2D eigenvalue weighted by atomic mass is 10.1. The Balaban J connectivity index is 1.31. The van der Waals surface area contributed by atoms with Gasteiger partial charge in [0.15, 0.2) is 0 Å². The van der Waals surface area contributed by atoms with Crippen molar-refractivity contribution in [2.45, 2.75) is 32.2 Å². The van der Waals surface area contributed by atoms with Crippen molar-refractivity contribution in [3.05, 3.63) is 88.4 Å². The van der Waals surface area contributed by atoms with Crippen LogP contribution in [0.25, 0.3) is 0 Å². The summed E-state index contributed by atoms with van der Waals surface area (Å²) >= 11 is 6.11. The van der Waals surface area contributed by atoms with Crippen molar-refractivity contribution in [2.24, 2.45) is 0 Å². The molecule has 9 heteroatoms. The Labute approximate surface area is 226 Å². The first-order chi connectivity index (χ1) is 18.3. The Kier molecular flexibility index (Phi) is 8.86. The van der Waals surface area contributed by atoms with Gasteiger partial charge in [-0.15, -0.1) is 0 Å². The third-order valence-corrected chi connectivity index (χ3v) is 6.76. The van der Waals surface area contributed by atoms with Gasteiger partial charge in [0.2, 0.25) is 5.91 Å². The summed E-state index contributed by atoms with van der Waals surface area (Å²) in [4.78, 5) is 39.0. The second kappa shape index (κ2) is 12.5. The molecule has 0 aliphatic carbocycles. The predicted molar refractivity (Wildman–Crippen MR) is 147 cm³/mol. The molecule has 198 valence electrons. The second-order valence-corrected chi connectivity index (χ2v) is 9.50. The Morgan fingerprint density at radius 1 is 1.00 bits per heavy atom. The Morgan fingerprint density at radius 2 is 1.74 bits per heavy atom. The summed E-state index contributed by atoms with van der Waals surface area (Å²) in [6.45, 7) is 2.96. The number of esters is 1. The molecule has 1 unspecified atom stereocenters. The van der Waals surface area contributed by atoms with Crippen molar-refractivity contribution in [3.8, 4) is 5.75 Å². The lowest BCUT2D eigenvalue weighted by Crippen LogP contribution is -2.39. The number of ether oxygens (including phenoxy) is 2. The van der Waals surface area contributed by atoms with Crippen LogP contribution in [0.4, 0.5) is 16.2 Å². The van der Waals surface area contributed by atoms with Gasteiger partial charge in [-0.25, -0.2) is 9.59 Å². The van der Waals surface area contributed by atoms with Crippen molar-refractivity contribution >= 4 is 40.9 Å². The summed E-state index contributed by atoms with van der Waals surface area (Å²) < 4.78 is 10.6. The van der Waals surface area contributed by atoms with Crippen LogP contribution in [-0.2, 0) is 16.0 Å². The molecule has 3 aromatic rings. The summed E-state index contributed by atoms with van der Waals surface area (Å²) in [7, 11) is 1.34. The lowest BCUT2D eigenvalue weighted by molar-refractivity contribution is -0.131. The number of hydrogen-bond acceptors (Lipinski definition) is 5. The van der Waals surface area contributed by atoms with Gasteiger partial charge >= 0.3 is 12.0 Å². The minimum absolute atomic E-state index is 0.0154. The van der Waals surface area contributed by atoms with E-state index in [9.17, 15) is 14.4 Å². The van der Waals surface area contributed by atoms with E-state index in [0.29, 0.717) is 40.9 Å². The molecule has 0 radical (unpaired) electrons. The normalized spacial score (nSPS) is 14.6. The van der Waals surface area contributed by atoms with Crippen molar-refractivity contribution in [3.63, 3.8) is 0 Å². The number of aryl methyl sites for hydroxylation is 1. The summed E-state index contributed by atoms with van der Waals surface area (Å²) in [5.74, 6) is 0.270. The molecule has 1 saturated heterocycles. The number of nitrogens with one attached hydrogen (secondary N) is 2. The van der Waals surface area contributed by atoms with Gasteiger partial charge in [0, 0.05) is 12.2 Å². The first kappa shape index (κ1) is 27.0. The van der Waals surface area contributed by atoms with Crippen molar-refractivity contribution in [1.29, 1.82) is 0 Å². The van der Waals surface area contributed by atoms with Crippen LogP contribution in [-0.4, -0.2) is 49.1 Å². The maximum atomic E-state index is 13.1. The zero-order valence-electron chi connectivity index (χ0n) is 21.3. The van der Waals surface area contributed by atoms with E-state index in [4.69, 9.17) is 21.1 Å². The fraction of sp³-hybridized carbons (Fsp3) is 0.276. The van der Waals surface area contributed by atoms with Crippen LogP contribution in [0.3, 0.4) is 0 Å². The van der Waals surface area contributed by atoms with Crippen molar-refractivity contribution in [1.82, 2.24) is 4.90 Å². The van der Waals surface area contributed by atoms with Gasteiger partial charge in [0.05, 0.1) is 35.8 Å². The van der Waals surface area contributed by atoms with Gasteiger partial charge in [-0.2, -0.15) is 0 Å². The molecule has 1 fully saturated rings. The van der Waals surface area contributed by atoms with E-state index in [0.717, 1.165) is 24.0 Å². The van der Waals surface area contributed by atoms with Gasteiger partial charge in [0.25, 0.3) is 0 Å². The molecule has 1 aliphatic rings. The van der Waals surface area contributed by atoms with E-state index < -0.39 is 12.0 Å². The number of amides is 3. The predicted octanol–water partition coefficient (Wildman–Crippen LogP) is 5.69. The number of halogens is 1. The third-order valence-electron chi connectivity index (χ3n) is 6.43. The maximum Gasteiger partial charge on any atom is 0.337 e. The number of carbonyl (C=O) groups is 3. The molecule has 4 rings (SSSR count). The van der Waals surface area contributed by atoms with Gasteiger partial charge in [-0.1, -0.05) is 35.9 Å². The number of urea groups is 1. The SMILES string of the molecule is COC(=O)c1ccc(OCC2CCCN2C(=O)Cc2ccc(NC(=O)Nc3ccccc3Cl)c(C)c2)cc1. The highest BCUT2D eigenvalue weighted by molar-refractivity contribution is 6.33. The third kappa shape index (κ3) is 6.83.